The van der Waals surface area contributed by atoms with Gasteiger partial charge in [0.15, 0.2) is 0 Å². The Morgan fingerprint density at radius 2 is 2.07 bits per heavy atom. The highest BCUT2D eigenvalue weighted by atomic mass is 15.3. The molecule has 0 aliphatic carbocycles. The van der Waals surface area contributed by atoms with Crippen molar-refractivity contribution in [3.63, 3.8) is 0 Å². The molecular weight excluding hydrogens is 352 g/mol. The Labute approximate surface area is 162 Å². The summed E-state index contributed by atoms with van der Waals surface area (Å²) in [5.41, 5.74) is 13.5. The highest BCUT2D eigenvalue weighted by molar-refractivity contribution is 5.76. The molecule has 1 aliphatic rings. The van der Waals surface area contributed by atoms with Crippen LogP contribution in [0.25, 0.3) is 11.2 Å². The first-order valence-electron chi connectivity index (χ1n) is 9.40. The molecule has 0 saturated carbocycles. The highest BCUT2D eigenvalue weighted by Gasteiger charge is 2.14. The predicted octanol–water partition coefficient (Wildman–Crippen LogP) is 1.76. The van der Waals surface area contributed by atoms with Crippen molar-refractivity contribution < 1.29 is 0 Å². The fourth-order valence-electron chi connectivity index (χ4n) is 3.89. The van der Waals surface area contributed by atoms with Crippen molar-refractivity contribution in [2.24, 2.45) is 0 Å². The van der Waals surface area contributed by atoms with E-state index in [9.17, 15) is 0 Å². The van der Waals surface area contributed by atoms with Gasteiger partial charge in [-0.05, 0) is 47.4 Å². The second-order valence-corrected chi connectivity index (χ2v) is 7.52. The Balaban J connectivity index is 1.34. The summed E-state index contributed by atoms with van der Waals surface area (Å²) in [6.07, 6.45) is 5.78. The van der Waals surface area contributed by atoms with Gasteiger partial charge in [-0.2, -0.15) is 15.4 Å². The average molecular weight is 374 g/mol. The summed E-state index contributed by atoms with van der Waals surface area (Å²) in [7, 11) is 2.17. The van der Waals surface area contributed by atoms with Crippen LogP contribution in [0.1, 0.15) is 27.8 Å². The van der Waals surface area contributed by atoms with E-state index in [1.54, 1.807) is 0 Å². The number of anilines is 1. The standard InChI is InChI=1S/C20H22N8/c1-27-5-4-15-6-13(2-3-16(15)12-27)10-28-11-14(9-22-28)7-17-8-18(21)23-20-19(17)24-26-25-20/h2-3,6,8-9,11H,4-5,7,10,12H2,1H3,(H3,21,23,24,25,26). The lowest BCUT2D eigenvalue weighted by Crippen LogP contribution is -2.26. The van der Waals surface area contributed by atoms with Gasteiger partial charge in [-0.1, -0.05) is 18.2 Å². The number of nitrogens with two attached hydrogens (primary N) is 1. The van der Waals surface area contributed by atoms with E-state index in [1.165, 1.54) is 16.7 Å². The van der Waals surface area contributed by atoms with Gasteiger partial charge in [-0.15, -0.1) is 5.10 Å². The maximum absolute atomic E-state index is 5.89. The van der Waals surface area contributed by atoms with Gasteiger partial charge in [0, 0.05) is 25.7 Å². The molecule has 0 unspecified atom stereocenters. The Bertz CT molecular complexity index is 1140. The third-order valence-corrected chi connectivity index (χ3v) is 5.29. The Morgan fingerprint density at radius 1 is 1.14 bits per heavy atom. The predicted molar refractivity (Wildman–Crippen MR) is 107 cm³/mol. The van der Waals surface area contributed by atoms with E-state index in [1.807, 2.05) is 16.9 Å². The molecule has 1 aliphatic heterocycles. The van der Waals surface area contributed by atoms with E-state index in [0.29, 0.717) is 17.9 Å². The van der Waals surface area contributed by atoms with Crippen LogP contribution in [0.15, 0.2) is 36.7 Å². The number of nitrogen functional groups attached to an aromatic ring is 1. The number of hydrogen-bond acceptors (Lipinski definition) is 6. The molecule has 3 aromatic heterocycles. The number of likely N-dealkylation sites (N-methyl/N-ethyl adjacent to an activating group) is 1. The Hall–Kier alpha value is -3.26. The average Bonchev–Trinajstić information content (AvgIpc) is 3.31. The third kappa shape index (κ3) is 3.22. The van der Waals surface area contributed by atoms with E-state index in [-0.39, 0.29) is 0 Å². The van der Waals surface area contributed by atoms with Gasteiger partial charge in [-0.25, -0.2) is 4.98 Å². The summed E-state index contributed by atoms with van der Waals surface area (Å²) < 4.78 is 1.98. The van der Waals surface area contributed by atoms with Gasteiger partial charge < -0.3 is 10.6 Å². The first-order chi connectivity index (χ1) is 13.6. The van der Waals surface area contributed by atoms with Gasteiger partial charge in [0.1, 0.15) is 11.3 Å². The second-order valence-electron chi connectivity index (χ2n) is 7.52. The summed E-state index contributed by atoms with van der Waals surface area (Å²) in [6.45, 7) is 2.92. The minimum atomic E-state index is 0.448. The second kappa shape index (κ2) is 6.72. The van der Waals surface area contributed by atoms with Crippen molar-refractivity contribution in [3.8, 4) is 0 Å². The first-order valence-corrected chi connectivity index (χ1v) is 9.40. The normalized spacial score (nSPS) is 14.5. The van der Waals surface area contributed by atoms with Gasteiger partial charge in [0.05, 0.1) is 12.7 Å². The number of hydrogen-bond donors (Lipinski definition) is 2. The minimum Gasteiger partial charge on any atom is -0.384 e. The molecule has 0 atom stereocenters. The summed E-state index contributed by atoms with van der Waals surface area (Å²) >= 11 is 0. The van der Waals surface area contributed by atoms with Crippen LogP contribution in [-0.2, 0) is 25.9 Å². The van der Waals surface area contributed by atoms with Crippen molar-refractivity contribution in [1.82, 2.24) is 35.1 Å². The lowest BCUT2D eigenvalue weighted by molar-refractivity contribution is 0.313. The molecule has 0 bridgehead atoms. The summed E-state index contributed by atoms with van der Waals surface area (Å²) in [5.74, 6) is 0.448. The third-order valence-electron chi connectivity index (χ3n) is 5.29. The number of rotatable bonds is 4. The van der Waals surface area contributed by atoms with Crippen LogP contribution in [-0.4, -0.2) is 48.7 Å². The number of fused-ring (bicyclic) bond motifs is 2. The zero-order valence-corrected chi connectivity index (χ0v) is 15.8. The molecular formula is C20H22N8. The maximum atomic E-state index is 5.89. The first kappa shape index (κ1) is 16.9. The molecule has 3 N–H and O–H groups in total. The van der Waals surface area contributed by atoms with E-state index >= 15 is 0 Å². The lowest BCUT2D eigenvalue weighted by Gasteiger charge is -2.25. The van der Waals surface area contributed by atoms with Crippen LogP contribution >= 0.6 is 0 Å². The quantitative estimate of drug-likeness (QED) is 0.564. The largest absolute Gasteiger partial charge is 0.384 e. The zero-order chi connectivity index (χ0) is 19.1. The number of aromatic amines is 1. The fraction of sp³-hybridized carbons (Fsp3) is 0.300. The van der Waals surface area contributed by atoms with Gasteiger partial charge in [0.25, 0.3) is 0 Å². The summed E-state index contributed by atoms with van der Waals surface area (Å²) in [5, 5.41) is 15.4. The molecule has 4 heterocycles. The molecule has 4 aromatic rings. The molecule has 0 fully saturated rings. The zero-order valence-electron chi connectivity index (χ0n) is 15.8. The van der Waals surface area contributed by atoms with Crippen molar-refractivity contribution in [1.29, 1.82) is 0 Å². The van der Waals surface area contributed by atoms with Crippen LogP contribution in [0.4, 0.5) is 5.82 Å². The van der Waals surface area contributed by atoms with Crippen LogP contribution in [0.3, 0.4) is 0 Å². The molecule has 8 nitrogen and oxygen atoms in total. The van der Waals surface area contributed by atoms with Crippen LogP contribution in [0, 0.1) is 0 Å². The lowest BCUT2D eigenvalue weighted by atomic mass is 9.97. The SMILES string of the molecule is CN1CCc2cc(Cn3cc(Cc4cc(N)nc5n[nH]nc45)cn3)ccc2C1. The number of benzene rings is 1. The van der Waals surface area contributed by atoms with Crippen molar-refractivity contribution >= 4 is 17.0 Å². The molecule has 0 spiro atoms. The van der Waals surface area contributed by atoms with Crippen LogP contribution in [0.2, 0.25) is 0 Å². The molecule has 0 radical (unpaired) electrons. The number of nitrogens with one attached hydrogen (secondary N) is 1. The Morgan fingerprint density at radius 3 is 3.00 bits per heavy atom. The summed E-state index contributed by atoms with van der Waals surface area (Å²) in [6, 6.07) is 8.64. The number of pyridine rings is 1. The molecule has 0 amide bonds. The van der Waals surface area contributed by atoms with Gasteiger partial charge in [0.2, 0.25) is 5.65 Å². The van der Waals surface area contributed by atoms with Crippen molar-refractivity contribution in [3.05, 3.63) is 64.5 Å². The van der Waals surface area contributed by atoms with Crippen molar-refractivity contribution in [2.75, 3.05) is 19.3 Å². The molecule has 5 rings (SSSR count). The van der Waals surface area contributed by atoms with Gasteiger partial charge >= 0.3 is 0 Å². The van der Waals surface area contributed by atoms with Crippen LogP contribution in [0.5, 0.6) is 0 Å². The monoisotopic (exact) mass is 374 g/mol. The smallest absolute Gasteiger partial charge is 0.203 e. The van der Waals surface area contributed by atoms with E-state index in [4.69, 9.17) is 5.73 Å². The minimum absolute atomic E-state index is 0.448. The van der Waals surface area contributed by atoms with Gasteiger partial charge in [-0.3, -0.25) is 4.68 Å². The number of H-pyrrole nitrogens is 1. The van der Waals surface area contributed by atoms with Crippen molar-refractivity contribution in [2.45, 2.75) is 25.9 Å². The molecule has 1 aromatic carbocycles. The van der Waals surface area contributed by atoms with E-state index in [0.717, 1.165) is 42.7 Å². The molecule has 8 heteroatoms. The maximum Gasteiger partial charge on any atom is 0.203 e. The molecule has 0 saturated heterocycles. The highest BCUT2D eigenvalue weighted by Crippen LogP contribution is 2.21. The fourth-order valence-corrected chi connectivity index (χ4v) is 3.89. The number of aromatic nitrogens is 6. The Kier molecular flexibility index (Phi) is 4.05. The van der Waals surface area contributed by atoms with E-state index < -0.39 is 0 Å². The summed E-state index contributed by atoms with van der Waals surface area (Å²) in [4.78, 5) is 6.55. The number of nitrogens with zero attached hydrogens (tertiary/aromatic N) is 6. The molecule has 28 heavy (non-hydrogen) atoms. The van der Waals surface area contributed by atoms with Crippen LogP contribution < -0.4 is 5.73 Å². The van der Waals surface area contributed by atoms with E-state index in [2.05, 4.69) is 61.8 Å². The topological polar surface area (TPSA) is 102 Å². The molecule has 142 valence electrons.